The molecule has 28 heavy (non-hydrogen) atoms. The van der Waals surface area contributed by atoms with Gasteiger partial charge in [0.1, 0.15) is 5.82 Å². The fraction of sp³-hybridized carbons (Fsp3) is 0.286. The van der Waals surface area contributed by atoms with Gasteiger partial charge in [-0.05, 0) is 37.3 Å². The lowest BCUT2D eigenvalue weighted by Gasteiger charge is -2.17. The van der Waals surface area contributed by atoms with Crippen molar-refractivity contribution >= 4 is 44.5 Å². The highest BCUT2D eigenvalue weighted by atomic mass is 79.9. The number of aryl methyl sites for hydroxylation is 1. The number of hydrogen-bond donors (Lipinski definition) is 1. The Bertz CT molecular complexity index is 1050. The quantitative estimate of drug-likeness (QED) is 0.661. The number of carbonyl (C=O) groups is 2. The van der Waals surface area contributed by atoms with Gasteiger partial charge in [-0.2, -0.15) is 0 Å². The molecule has 1 N–H and O–H groups in total. The van der Waals surface area contributed by atoms with Crippen LogP contribution in [0.15, 0.2) is 53.0 Å². The number of aromatic nitrogens is 2. The zero-order chi connectivity index (χ0) is 19.7. The first kappa shape index (κ1) is 18.7. The van der Waals surface area contributed by atoms with E-state index in [1.807, 2.05) is 55.5 Å². The summed E-state index contributed by atoms with van der Waals surface area (Å²) in [6, 6.07) is 15.5. The third-order valence-corrected chi connectivity index (χ3v) is 5.59. The Morgan fingerprint density at radius 1 is 1.25 bits per heavy atom. The van der Waals surface area contributed by atoms with E-state index in [1.54, 1.807) is 4.90 Å². The number of benzene rings is 2. The van der Waals surface area contributed by atoms with Crippen LogP contribution in [0.2, 0.25) is 0 Å². The molecule has 6 nitrogen and oxygen atoms in total. The zero-order valence-corrected chi connectivity index (χ0v) is 17.1. The Kier molecular flexibility index (Phi) is 5.17. The van der Waals surface area contributed by atoms with Crippen LogP contribution in [0.1, 0.15) is 12.2 Å². The van der Waals surface area contributed by atoms with E-state index >= 15 is 0 Å². The van der Waals surface area contributed by atoms with E-state index in [4.69, 9.17) is 0 Å². The lowest BCUT2D eigenvalue weighted by Crippen LogP contribution is -2.34. The average molecular weight is 441 g/mol. The van der Waals surface area contributed by atoms with Crippen LogP contribution >= 0.6 is 15.9 Å². The first-order valence-electron chi connectivity index (χ1n) is 9.28. The molecule has 0 radical (unpaired) electrons. The lowest BCUT2D eigenvalue weighted by molar-refractivity contribution is -0.126. The first-order chi connectivity index (χ1) is 13.5. The number of anilines is 1. The van der Waals surface area contributed by atoms with Crippen LogP contribution in [0.3, 0.4) is 0 Å². The largest absolute Gasteiger partial charge is 0.354 e. The number of hydrogen-bond acceptors (Lipinski definition) is 3. The van der Waals surface area contributed by atoms with Crippen molar-refractivity contribution < 1.29 is 9.59 Å². The van der Waals surface area contributed by atoms with E-state index in [0.29, 0.717) is 19.6 Å². The third kappa shape index (κ3) is 3.67. The average Bonchev–Trinajstić information content (AvgIpc) is 3.22. The highest BCUT2D eigenvalue weighted by molar-refractivity contribution is 9.10. The van der Waals surface area contributed by atoms with Crippen molar-refractivity contribution in [1.82, 2.24) is 14.9 Å². The summed E-state index contributed by atoms with van der Waals surface area (Å²) in [4.78, 5) is 31.2. The van der Waals surface area contributed by atoms with Crippen molar-refractivity contribution in [2.45, 2.75) is 19.9 Å². The predicted molar refractivity (Wildman–Crippen MR) is 112 cm³/mol. The summed E-state index contributed by atoms with van der Waals surface area (Å²) in [5, 5.41) is 2.98. The van der Waals surface area contributed by atoms with Crippen LogP contribution in [0.5, 0.6) is 0 Å². The number of fused-ring (bicyclic) bond motifs is 1. The molecule has 1 aromatic heterocycles. The molecule has 1 aliphatic heterocycles. The Morgan fingerprint density at radius 3 is 2.89 bits per heavy atom. The maximum Gasteiger partial charge on any atom is 0.227 e. The summed E-state index contributed by atoms with van der Waals surface area (Å²) >= 11 is 3.42. The summed E-state index contributed by atoms with van der Waals surface area (Å²) in [5.74, 6) is 0.502. The van der Waals surface area contributed by atoms with Crippen LogP contribution in [0.25, 0.3) is 11.0 Å². The van der Waals surface area contributed by atoms with Gasteiger partial charge in [0.05, 0.1) is 17.0 Å². The molecule has 2 amide bonds. The summed E-state index contributed by atoms with van der Waals surface area (Å²) in [5.41, 5.74) is 2.83. The van der Waals surface area contributed by atoms with Crippen molar-refractivity contribution in [2.75, 3.05) is 18.0 Å². The number of para-hydroxylation sites is 2. The second-order valence-corrected chi connectivity index (χ2v) is 7.89. The molecule has 1 unspecified atom stereocenters. The summed E-state index contributed by atoms with van der Waals surface area (Å²) in [6.45, 7) is 3.52. The van der Waals surface area contributed by atoms with Crippen LogP contribution in [-0.4, -0.2) is 34.5 Å². The van der Waals surface area contributed by atoms with E-state index in [-0.39, 0.29) is 24.2 Å². The van der Waals surface area contributed by atoms with Crippen molar-refractivity contribution in [3.05, 3.63) is 58.8 Å². The highest BCUT2D eigenvalue weighted by Crippen LogP contribution is 2.27. The van der Waals surface area contributed by atoms with Gasteiger partial charge in [-0.3, -0.25) is 9.59 Å². The predicted octanol–water partition coefficient (Wildman–Crippen LogP) is 3.28. The number of halogens is 1. The third-order valence-electron chi connectivity index (χ3n) is 5.10. The van der Waals surface area contributed by atoms with E-state index in [9.17, 15) is 9.59 Å². The van der Waals surface area contributed by atoms with Gasteiger partial charge in [-0.15, -0.1) is 0 Å². The number of rotatable bonds is 5. The fourth-order valence-electron chi connectivity index (χ4n) is 3.69. The Hall–Kier alpha value is -2.67. The Balaban J connectivity index is 1.37. The van der Waals surface area contributed by atoms with Crippen LogP contribution < -0.4 is 10.2 Å². The van der Waals surface area contributed by atoms with Gasteiger partial charge in [0, 0.05) is 36.2 Å². The molecule has 2 aromatic carbocycles. The first-order valence-corrected chi connectivity index (χ1v) is 10.1. The minimum atomic E-state index is -0.327. The van der Waals surface area contributed by atoms with E-state index in [1.165, 1.54) is 0 Å². The van der Waals surface area contributed by atoms with Crippen LogP contribution in [-0.2, 0) is 16.1 Å². The zero-order valence-electron chi connectivity index (χ0n) is 15.6. The monoisotopic (exact) mass is 440 g/mol. The van der Waals surface area contributed by atoms with E-state index < -0.39 is 0 Å². The van der Waals surface area contributed by atoms with Crippen molar-refractivity contribution in [3.63, 3.8) is 0 Å². The van der Waals surface area contributed by atoms with Gasteiger partial charge in [0.15, 0.2) is 0 Å². The maximum absolute atomic E-state index is 12.6. The molecule has 2 heterocycles. The molecule has 1 saturated heterocycles. The summed E-state index contributed by atoms with van der Waals surface area (Å²) in [6.07, 6.45) is 0.241. The van der Waals surface area contributed by atoms with Gasteiger partial charge in [0.2, 0.25) is 11.8 Å². The SMILES string of the molecule is Cc1nc2ccccc2n1CCNC(=O)C1CC(=O)N(c2cccc(Br)c2)C1. The second kappa shape index (κ2) is 7.75. The normalized spacial score (nSPS) is 16.7. The molecule has 144 valence electrons. The molecule has 4 rings (SSSR count). The molecule has 0 aliphatic carbocycles. The molecule has 1 fully saturated rings. The Morgan fingerprint density at radius 2 is 2.07 bits per heavy atom. The van der Waals surface area contributed by atoms with Gasteiger partial charge in [-0.25, -0.2) is 4.98 Å². The van der Waals surface area contributed by atoms with E-state index in [0.717, 1.165) is 27.0 Å². The molecule has 7 heteroatoms. The topological polar surface area (TPSA) is 67.2 Å². The molecule has 1 atom stereocenters. The molecular formula is C21H21BrN4O2. The summed E-state index contributed by atoms with van der Waals surface area (Å²) < 4.78 is 3.01. The maximum atomic E-state index is 12.6. The van der Waals surface area contributed by atoms with Gasteiger partial charge in [0.25, 0.3) is 0 Å². The summed E-state index contributed by atoms with van der Waals surface area (Å²) in [7, 11) is 0. The van der Waals surface area contributed by atoms with Crippen LogP contribution in [0, 0.1) is 12.8 Å². The smallest absolute Gasteiger partial charge is 0.227 e. The van der Waals surface area contributed by atoms with Crippen molar-refractivity contribution in [1.29, 1.82) is 0 Å². The Labute approximate surface area is 171 Å². The van der Waals surface area contributed by atoms with Gasteiger partial charge in [-0.1, -0.05) is 34.1 Å². The molecule has 0 saturated carbocycles. The minimum absolute atomic E-state index is 0.0188. The fourth-order valence-corrected chi connectivity index (χ4v) is 4.08. The highest BCUT2D eigenvalue weighted by Gasteiger charge is 2.35. The molecular weight excluding hydrogens is 420 g/mol. The number of carbonyl (C=O) groups excluding carboxylic acids is 2. The second-order valence-electron chi connectivity index (χ2n) is 6.98. The number of nitrogens with zero attached hydrogens (tertiary/aromatic N) is 3. The number of imidazole rings is 1. The standard InChI is InChI=1S/C21H21BrN4O2/c1-14-24-18-7-2-3-8-19(18)25(14)10-9-23-21(28)15-11-20(27)26(13-15)17-6-4-5-16(22)12-17/h2-8,12,15H,9-11,13H2,1H3,(H,23,28). The molecule has 3 aromatic rings. The van der Waals surface area contributed by atoms with E-state index in [2.05, 4.69) is 30.8 Å². The number of nitrogens with one attached hydrogen (secondary N) is 1. The van der Waals surface area contributed by atoms with Gasteiger partial charge >= 0.3 is 0 Å². The molecule has 1 aliphatic rings. The number of amides is 2. The van der Waals surface area contributed by atoms with Crippen molar-refractivity contribution in [3.8, 4) is 0 Å². The molecule has 0 bridgehead atoms. The molecule has 0 spiro atoms. The van der Waals surface area contributed by atoms with Crippen molar-refractivity contribution in [2.24, 2.45) is 5.92 Å². The lowest BCUT2D eigenvalue weighted by atomic mass is 10.1. The van der Waals surface area contributed by atoms with Crippen LogP contribution in [0.4, 0.5) is 5.69 Å². The van der Waals surface area contributed by atoms with Gasteiger partial charge < -0.3 is 14.8 Å². The minimum Gasteiger partial charge on any atom is -0.354 e.